The fourth-order valence-corrected chi connectivity index (χ4v) is 5.40. The molecule has 7 nitrogen and oxygen atoms in total. The number of nitrogens with one attached hydrogen (secondary N) is 2. The third-order valence-electron chi connectivity index (χ3n) is 7.03. The van der Waals surface area contributed by atoms with Crippen LogP contribution in [0.3, 0.4) is 0 Å². The first-order chi connectivity index (χ1) is 15.3. The maximum Gasteiger partial charge on any atom is 0.214 e. The van der Waals surface area contributed by atoms with Gasteiger partial charge in [0.2, 0.25) is 5.82 Å². The minimum atomic E-state index is -0.223. The molecule has 5 rings (SSSR count). The monoisotopic (exact) mass is 426 g/mol. The number of benzene rings is 1. The molecule has 0 bridgehead atoms. The van der Waals surface area contributed by atoms with E-state index in [9.17, 15) is 4.39 Å². The molecule has 164 valence electrons. The molecule has 2 aliphatic rings. The lowest BCUT2D eigenvalue weighted by molar-refractivity contribution is -1.03. The Hall–Kier alpha value is -2.58. The fourth-order valence-electron chi connectivity index (χ4n) is 5.40. The van der Waals surface area contributed by atoms with Gasteiger partial charge < -0.3 is 14.2 Å². The quantitative estimate of drug-likeness (QED) is 0.608. The summed E-state index contributed by atoms with van der Waals surface area (Å²) in [4.78, 5) is 3.21. The van der Waals surface area contributed by atoms with Crippen molar-refractivity contribution in [3.05, 3.63) is 65.6 Å². The van der Waals surface area contributed by atoms with Crippen LogP contribution in [-0.4, -0.2) is 52.4 Å². The number of tetrazole rings is 1. The number of furan rings is 1. The number of hydrogen-bond donors (Lipinski definition) is 2. The van der Waals surface area contributed by atoms with Crippen LogP contribution >= 0.6 is 0 Å². The van der Waals surface area contributed by atoms with Crippen LogP contribution in [0.1, 0.15) is 55.3 Å². The molecule has 2 N–H and O–H groups in total. The molecule has 0 radical (unpaired) electrons. The second-order valence-corrected chi connectivity index (χ2v) is 8.91. The zero-order chi connectivity index (χ0) is 21.0. The van der Waals surface area contributed by atoms with Crippen molar-refractivity contribution < 1.29 is 18.6 Å². The molecule has 1 aliphatic heterocycles. The van der Waals surface area contributed by atoms with Gasteiger partial charge in [-0.2, -0.15) is 0 Å². The lowest BCUT2D eigenvalue weighted by Gasteiger charge is -2.38. The molecule has 2 aromatic heterocycles. The van der Waals surface area contributed by atoms with Gasteiger partial charge in [-0.15, -0.1) is 5.10 Å². The molecule has 2 fully saturated rings. The Bertz CT molecular complexity index is 943. The van der Waals surface area contributed by atoms with E-state index in [4.69, 9.17) is 4.42 Å². The predicted molar refractivity (Wildman–Crippen MR) is 112 cm³/mol. The molecule has 0 unspecified atom stereocenters. The van der Waals surface area contributed by atoms with Crippen molar-refractivity contribution in [3.63, 3.8) is 0 Å². The van der Waals surface area contributed by atoms with E-state index >= 15 is 0 Å². The number of halogens is 1. The topological polar surface area (TPSA) is 65.6 Å². The van der Waals surface area contributed by atoms with E-state index in [0.717, 1.165) is 49.4 Å². The van der Waals surface area contributed by atoms with Crippen LogP contribution in [0.15, 0.2) is 47.1 Å². The molecule has 1 aliphatic carbocycles. The van der Waals surface area contributed by atoms with Gasteiger partial charge in [-0.3, -0.25) is 0 Å². The maximum atomic E-state index is 13.7. The summed E-state index contributed by atoms with van der Waals surface area (Å²) in [6.07, 6.45) is 8.55. The Morgan fingerprint density at radius 2 is 1.81 bits per heavy atom. The molecule has 3 heterocycles. The van der Waals surface area contributed by atoms with Crippen molar-refractivity contribution in [2.75, 3.05) is 26.2 Å². The summed E-state index contributed by atoms with van der Waals surface area (Å²) in [7, 11) is 0. The standard InChI is InChI=1S/C23H29FN6O/c24-19-10-8-18(9-11-19)22(23-25-26-27-30(23)17-21-7-4-16-31-21)29-14-12-28(13-15-29)20-5-2-1-3-6-20/h4,7-11,16,20,22H,1-3,5-6,12-15,17H2/p+2/t22-/m0/s1. The molecule has 1 aromatic carbocycles. The number of quaternary nitrogens is 2. The number of aromatic nitrogens is 4. The second-order valence-electron chi connectivity index (χ2n) is 8.91. The molecule has 1 saturated carbocycles. The van der Waals surface area contributed by atoms with Crippen LogP contribution in [-0.2, 0) is 6.54 Å². The number of hydrogen-bond acceptors (Lipinski definition) is 4. The highest BCUT2D eigenvalue weighted by molar-refractivity contribution is 5.23. The summed E-state index contributed by atoms with van der Waals surface area (Å²) in [5.41, 5.74) is 1.05. The van der Waals surface area contributed by atoms with Crippen molar-refractivity contribution in [1.29, 1.82) is 0 Å². The number of rotatable bonds is 6. The van der Waals surface area contributed by atoms with Gasteiger partial charge in [0, 0.05) is 5.56 Å². The molecule has 1 saturated heterocycles. The van der Waals surface area contributed by atoms with E-state index in [1.54, 1.807) is 11.2 Å². The zero-order valence-electron chi connectivity index (χ0n) is 17.8. The van der Waals surface area contributed by atoms with Crippen LogP contribution in [0.25, 0.3) is 0 Å². The second kappa shape index (κ2) is 9.28. The maximum absolute atomic E-state index is 13.7. The van der Waals surface area contributed by atoms with Crippen LogP contribution in [0.4, 0.5) is 4.39 Å². The normalized spacial score (nSPS) is 23.6. The highest BCUT2D eigenvalue weighted by Crippen LogP contribution is 2.19. The van der Waals surface area contributed by atoms with Crippen molar-refractivity contribution >= 4 is 0 Å². The van der Waals surface area contributed by atoms with E-state index in [1.165, 1.54) is 49.1 Å². The molecular formula is C23H31FN6O+2. The molecule has 8 heteroatoms. The van der Waals surface area contributed by atoms with Gasteiger partial charge in [0.25, 0.3) is 0 Å². The first kappa shape index (κ1) is 20.3. The first-order valence-electron chi connectivity index (χ1n) is 11.5. The summed E-state index contributed by atoms with van der Waals surface area (Å²) in [6, 6.07) is 11.4. The molecule has 3 aromatic rings. The van der Waals surface area contributed by atoms with E-state index < -0.39 is 0 Å². The van der Waals surface area contributed by atoms with Gasteiger partial charge >= 0.3 is 0 Å². The fraction of sp³-hybridized carbons (Fsp3) is 0.522. The highest BCUT2D eigenvalue weighted by atomic mass is 19.1. The predicted octanol–water partition coefficient (Wildman–Crippen LogP) is 0.659. The average Bonchev–Trinajstić information content (AvgIpc) is 3.49. The Labute approximate surface area is 181 Å². The van der Waals surface area contributed by atoms with Gasteiger partial charge in [0.15, 0.2) is 6.04 Å². The largest absolute Gasteiger partial charge is 0.467 e. The third kappa shape index (κ3) is 4.55. The summed E-state index contributed by atoms with van der Waals surface area (Å²) in [5, 5.41) is 12.6. The molecular weight excluding hydrogens is 395 g/mol. The van der Waals surface area contributed by atoms with Gasteiger partial charge in [0.05, 0.1) is 12.3 Å². The van der Waals surface area contributed by atoms with E-state index in [2.05, 4.69) is 15.5 Å². The third-order valence-corrected chi connectivity index (χ3v) is 7.03. The Morgan fingerprint density at radius 3 is 2.52 bits per heavy atom. The van der Waals surface area contributed by atoms with Crippen molar-refractivity contribution in [2.24, 2.45) is 0 Å². The lowest BCUT2D eigenvalue weighted by Crippen LogP contribution is -3.29. The number of nitrogens with zero attached hydrogens (tertiary/aromatic N) is 4. The zero-order valence-corrected chi connectivity index (χ0v) is 17.8. The van der Waals surface area contributed by atoms with E-state index in [-0.39, 0.29) is 11.9 Å². The minimum absolute atomic E-state index is 0.0292. The van der Waals surface area contributed by atoms with Gasteiger partial charge in [-0.05, 0) is 72.5 Å². The van der Waals surface area contributed by atoms with E-state index in [1.807, 2.05) is 28.9 Å². The summed E-state index contributed by atoms with van der Waals surface area (Å²) in [5.74, 6) is 1.39. The van der Waals surface area contributed by atoms with Gasteiger partial charge in [-0.25, -0.2) is 9.07 Å². The summed E-state index contributed by atoms with van der Waals surface area (Å²) in [6.45, 7) is 4.93. The van der Waals surface area contributed by atoms with Crippen molar-refractivity contribution in [2.45, 2.75) is 50.7 Å². The molecule has 0 spiro atoms. The number of piperazine rings is 1. The molecule has 1 atom stereocenters. The highest BCUT2D eigenvalue weighted by Gasteiger charge is 2.37. The van der Waals surface area contributed by atoms with Crippen LogP contribution in [0.5, 0.6) is 0 Å². The SMILES string of the molecule is Fc1ccc([C@@H](c2nnnn2Cc2ccco2)[NH+]2CC[NH+](C3CCCCC3)CC2)cc1. The Morgan fingerprint density at radius 1 is 1.03 bits per heavy atom. The van der Waals surface area contributed by atoms with Crippen molar-refractivity contribution in [3.8, 4) is 0 Å². The van der Waals surface area contributed by atoms with Gasteiger partial charge in [-0.1, -0.05) is 6.42 Å². The smallest absolute Gasteiger partial charge is 0.214 e. The molecule has 31 heavy (non-hydrogen) atoms. The first-order valence-corrected chi connectivity index (χ1v) is 11.5. The minimum Gasteiger partial charge on any atom is -0.467 e. The summed E-state index contributed by atoms with van der Waals surface area (Å²) < 4.78 is 21.0. The Kier molecular flexibility index (Phi) is 6.08. The average molecular weight is 427 g/mol. The lowest BCUT2D eigenvalue weighted by atomic mass is 9.93. The molecule has 0 amide bonds. The van der Waals surface area contributed by atoms with Gasteiger partial charge in [0.1, 0.15) is 44.3 Å². The van der Waals surface area contributed by atoms with Crippen LogP contribution in [0.2, 0.25) is 0 Å². The van der Waals surface area contributed by atoms with Crippen LogP contribution < -0.4 is 9.80 Å². The van der Waals surface area contributed by atoms with E-state index in [0.29, 0.717) is 6.54 Å². The van der Waals surface area contributed by atoms with Crippen molar-refractivity contribution in [1.82, 2.24) is 20.2 Å². The summed E-state index contributed by atoms with van der Waals surface area (Å²) >= 11 is 0. The Balaban J connectivity index is 1.39. The van der Waals surface area contributed by atoms with Crippen LogP contribution in [0, 0.1) is 5.82 Å².